The maximum atomic E-state index is 8.15. The van der Waals surface area contributed by atoms with Gasteiger partial charge < -0.3 is 10.2 Å². The minimum absolute atomic E-state index is 0.250. The summed E-state index contributed by atoms with van der Waals surface area (Å²) < 4.78 is 0. The molecular weight excluding hydrogens is 219 g/mol. The lowest BCUT2D eigenvalue weighted by molar-refractivity contribution is 0.289. The van der Waals surface area contributed by atoms with Crippen LogP contribution in [0.4, 0.5) is 0 Å². The van der Waals surface area contributed by atoms with Crippen LogP contribution < -0.4 is 0 Å². The van der Waals surface area contributed by atoms with Crippen LogP contribution >= 0.6 is 7.92 Å². The fourth-order valence-corrected chi connectivity index (χ4v) is 2.25. The molecule has 0 saturated heterocycles. The van der Waals surface area contributed by atoms with E-state index < -0.39 is 0 Å². The Bertz CT molecular complexity index is 98.6. The van der Waals surface area contributed by atoms with Crippen LogP contribution in [0, 0.1) is 0 Å². The van der Waals surface area contributed by atoms with Crippen LogP contribution in [0.3, 0.4) is 0 Å². The van der Waals surface area contributed by atoms with Gasteiger partial charge in [0.2, 0.25) is 0 Å². The normalized spacial score (nSPS) is 8.69. The lowest BCUT2D eigenvalue weighted by Gasteiger charge is -2.07. The Morgan fingerprint density at radius 3 is 1.44 bits per heavy atom. The standard InChI is InChI=1S/C6H15P.C5H10O.C2H6O/c1-4-7(5-2)6-3;1-2-3-4-5-6;1-2-3/h4-6H2,1-3H3;2,6H,1,3-5H2;3H,2H2,1H3. The number of unbranched alkanes of at least 4 members (excludes halogenated alkanes) is 1. The predicted molar refractivity (Wildman–Crippen MR) is 77.8 cm³/mol. The third-order valence-electron chi connectivity index (χ3n) is 1.91. The van der Waals surface area contributed by atoms with Gasteiger partial charge in [-0.3, -0.25) is 0 Å². The summed E-state index contributed by atoms with van der Waals surface area (Å²) in [7, 11) is 0.446. The highest BCUT2D eigenvalue weighted by molar-refractivity contribution is 7.57. The largest absolute Gasteiger partial charge is 0.397 e. The Labute approximate surface area is 104 Å². The second-order valence-corrected chi connectivity index (χ2v) is 6.33. The summed E-state index contributed by atoms with van der Waals surface area (Å²) in [5.41, 5.74) is 0. The van der Waals surface area contributed by atoms with Crippen LogP contribution in [-0.2, 0) is 0 Å². The van der Waals surface area contributed by atoms with Crippen molar-refractivity contribution in [3.05, 3.63) is 12.7 Å². The topological polar surface area (TPSA) is 40.5 Å². The number of rotatable bonds is 6. The van der Waals surface area contributed by atoms with E-state index in [0.717, 1.165) is 12.8 Å². The molecule has 2 N–H and O–H groups in total. The average molecular weight is 250 g/mol. The lowest BCUT2D eigenvalue weighted by atomic mass is 10.3. The quantitative estimate of drug-likeness (QED) is 0.430. The SMILES string of the molecule is C=CCCCO.CCO.CCP(CC)CC. The zero-order valence-electron chi connectivity index (χ0n) is 11.6. The lowest BCUT2D eigenvalue weighted by Crippen LogP contribution is -1.83. The minimum Gasteiger partial charge on any atom is -0.397 e. The maximum Gasteiger partial charge on any atom is 0.0433 e. The van der Waals surface area contributed by atoms with Crippen molar-refractivity contribution in [1.29, 1.82) is 0 Å². The van der Waals surface area contributed by atoms with E-state index in [0.29, 0.717) is 7.92 Å². The van der Waals surface area contributed by atoms with Crippen LogP contribution in [0.5, 0.6) is 0 Å². The molecule has 0 fully saturated rings. The number of hydrogen-bond donors (Lipinski definition) is 2. The highest BCUT2D eigenvalue weighted by Gasteiger charge is 1.94. The zero-order valence-corrected chi connectivity index (χ0v) is 12.5. The minimum atomic E-state index is 0.250. The molecule has 0 unspecified atom stereocenters. The van der Waals surface area contributed by atoms with Crippen molar-refractivity contribution >= 4 is 7.92 Å². The molecule has 0 aliphatic carbocycles. The van der Waals surface area contributed by atoms with Gasteiger partial charge in [-0.05, 0) is 38.3 Å². The van der Waals surface area contributed by atoms with Gasteiger partial charge in [0.05, 0.1) is 0 Å². The summed E-state index contributed by atoms with van der Waals surface area (Å²) in [4.78, 5) is 0. The Hall–Kier alpha value is 0.0900. The molecule has 2 nitrogen and oxygen atoms in total. The first-order chi connectivity index (χ1) is 7.67. The van der Waals surface area contributed by atoms with E-state index >= 15 is 0 Å². The summed E-state index contributed by atoms with van der Waals surface area (Å²) in [6.45, 7) is 12.6. The molecule has 0 heterocycles. The van der Waals surface area contributed by atoms with Crippen LogP contribution in [0.15, 0.2) is 12.7 Å². The van der Waals surface area contributed by atoms with Gasteiger partial charge in [0.25, 0.3) is 0 Å². The van der Waals surface area contributed by atoms with Crippen molar-refractivity contribution in [2.75, 3.05) is 31.7 Å². The molecular formula is C13H31O2P. The van der Waals surface area contributed by atoms with Crippen molar-refractivity contribution in [2.24, 2.45) is 0 Å². The third kappa shape index (κ3) is 29.2. The highest BCUT2D eigenvalue weighted by Crippen LogP contribution is 2.32. The Kier molecular flexibility index (Phi) is 32.6. The van der Waals surface area contributed by atoms with E-state index in [-0.39, 0.29) is 13.2 Å². The van der Waals surface area contributed by atoms with Gasteiger partial charge in [0, 0.05) is 13.2 Å². The molecule has 0 amide bonds. The molecule has 0 radical (unpaired) electrons. The number of aliphatic hydroxyl groups is 2. The van der Waals surface area contributed by atoms with Crippen LogP contribution in [0.2, 0.25) is 0 Å². The third-order valence-corrected chi connectivity index (χ3v) is 4.59. The zero-order chi connectivity index (χ0) is 13.2. The smallest absolute Gasteiger partial charge is 0.0433 e. The summed E-state index contributed by atoms with van der Waals surface area (Å²) in [5.74, 6) is 0. The second-order valence-electron chi connectivity index (χ2n) is 3.09. The van der Waals surface area contributed by atoms with Crippen molar-refractivity contribution in [3.63, 3.8) is 0 Å². The fourth-order valence-electron chi connectivity index (χ4n) is 0.906. The van der Waals surface area contributed by atoms with E-state index in [1.54, 1.807) is 13.0 Å². The van der Waals surface area contributed by atoms with Crippen molar-refractivity contribution < 1.29 is 10.2 Å². The molecule has 0 saturated carbocycles. The molecule has 0 rings (SSSR count). The number of hydrogen-bond acceptors (Lipinski definition) is 2. The first-order valence-corrected chi connectivity index (χ1v) is 8.12. The van der Waals surface area contributed by atoms with E-state index in [2.05, 4.69) is 27.4 Å². The van der Waals surface area contributed by atoms with Gasteiger partial charge in [-0.2, -0.15) is 0 Å². The molecule has 0 aromatic heterocycles. The summed E-state index contributed by atoms with van der Waals surface area (Å²) in [5, 5.41) is 15.7. The molecule has 3 heteroatoms. The first-order valence-electron chi connectivity index (χ1n) is 6.23. The van der Waals surface area contributed by atoms with Gasteiger partial charge in [-0.1, -0.05) is 26.8 Å². The molecule has 0 atom stereocenters. The monoisotopic (exact) mass is 250 g/mol. The van der Waals surface area contributed by atoms with Crippen molar-refractivity contribution in [2.45, 2.75) is 40.5 Å². The molecule has 16 heavy (non-hydrogen) atoms. The first kappa shape index (κ1) is 21.4. The van der Waals surface area contributed by atoms with Crippen LogP contribution in [0.1, 0.15) is 40.5 Å². The van der Waals surface area contributed by atoms with Gasteiger partial charge in [0.1, 0.15) is 0 Å². The van der Waals surface area contributed by atoms with E-state index in [1.807, 2.05) is 0 Å². The van der Waals surface area contributed by atoms with Crippen LogP contribution in [0.25, 0.3) is 0 Å². The maximum absolute atomic E-state index is 8.15. The predicted octanol–water partition coefficient (Wildman–Crippen LogP) is 3.47. The molecule has 0 aromatic carbocycles. The van der Waals surface area contributed by atoms with Gasteiger partial charge in [-0.15, -0.1) is 14.5 Å². The van der Waals surface area contributed by atoms with Crippen molar-refractivity contribution in [3.8, 4) is 0 Å². The van der Waals surface area contributed by atoms with Gasteiger partial charge in [0.15, 0.2) is 0 Å². The van der Waals surface area contributed by atoms with Gasteiger partial charge >= 0.3 is 0 Å². The van der Waals surface area contributed by atoms with E-state index in [1.165, 1.54) is 18.5 Å². The Balaban J connectivity index is -0.000000172. The number of aliphatic hydroxyl groups excluding tert-OH is 2. The second kappa shape index (κ2) is 24.4. The van der Waals surface area contributed by atoms with E-state index in [4.69, 9.17) is 10.2 Å². The summed E-state index contributed by atoms with van der Waals surface area (Å²) in [6.07, 6.45) is 7.84. The van der Waals surface area contributed by atoms with Gasteiger partial charge in [-0.25, -0.2) is 0 Å². The molecule has 0 aromatic rings. The number of allylic oxidation sites excluding steroid dienone is 1. The summed E-state index contributed by atoms with van der Waals surface area (Å²) in [6, 6.07) is 0. The molecule has 0 bridgehead atoms. The molecule has 0 spiro atoms. The molecule has 100 valence electrons. The highest BCUT2D eigenvalue weighted by atomic mass is 31.1. The molecule has 0 aliphatic heterocycles. The van der Waals surface area contributed by atoms with Crippen molar-refractivity contribution in [1.82, 2.24) is 0 Å². The Morgan fingerprint density at radius 2 is 1.38 bits per heavy atom. The molecule has 0 aliphatic rings. The van der Waals surface area contributed by atoms with E-state index in [9.17, 15) is 0 Å². The Morgan fingerprint density at radius 1 is 1.00 bits per heavy atom. The fraction of sp³-hybridized carbons (Fsp3) is 0.846. The van der Waals surface area contributed by atoms with Crippen LogP contribution in [-0.4, -0.2) is 41.9 Å². The average Bonchev–Trinajstić information content (AvgIpc) is 2.30. The summed E-state index contributed by atoms with van der Waals surface area (Å²) >= 11 is 0.